The van der Waals surface area contributed by atoms with E-state index in [1.165, 1.54) is 0 Å². The second-order valence-corrected chi connectivity index (χ2v) is 4.61. The summed E-state index contributed by atoms with van der Waals surface area (Å²) in [5.41, 5.74) is 5.29. The van der Waals surface area contributed by atoms with Gasteiger partial charge in [-0.3, -0.25) is 4.79 Å². The number of hydrogen-bond donors (Lipinski definition) is 4. The predicted octanol–water partition coefficient (Wildman–Crippen LogP) is -0.800. The Balaban J connectivity index is 3.91. The van der Waals surface area contributed by atoms with E-state index in [4.69, 9.17) is 10.8 Å². The molecule has 0 aliphatic rings. The Kier molecular flexibility index (Phi) is 6.47. The topological polar surface area (TPSA) is 87.4 Å². The van der Waals surface area contributed by atoms with Crippen LogP contribution in [0.25, 0.3) is 0 Å². The molecule has 15 heavy (non-hydrogen) atoms. The van der Waals surface area contributed by atoms with Crippen LogP contribution in [-0.2, 0) is 4.79 Å². The smallest absolute Gasteiger partial charge is 0.222 e. The summed E-state index contributed by atoms with van der Waals surface area (Å²) < 4.78 is 0. The first-order valence-electron chi connectivity index (χ1n) is 5.24. The lowest BCUT2D eigenvalue weighted by atomic mass is 10.1. The number of aliphatic hydroxyl groups excluding tert-OH is 1. The Morgan fingerprint density at radius 2 is 2.07 bits per heavy atom. The van der Waals surface area contributed by atoms with Crippen molar-refractivity contribution in [3.63, 3.8) is 0 Å². The summed E-state index contributed by atoms with van der Waals surface area (Å²) in [6.45, 7) is 6.70. The molecule has 0 fully saturated rings. The Bertz CT molecular complexity index is 190. The van der Waals surface area contributed by atoms with Crippen molar-refractivity contribution in [3.8, 4) is 0 Å². The quantitative estimate of drug-likeness (QED) is 0.469. The van der Waals surface area contributed by atoms with Gasteiger partial charge in [-0.1, -0.05) is 0 Å². The summed E-state index contributed by atoms with van der Waals surface area (Å²) in [7, 11) is 0. The third-order valence-corrected chi connectivity index (χ3v) is 1.78. The number of aliphatic hydroxyl groups is 1. The first kappa shape index (κ1) is 14.3. The van der Waals surface area contributed by atoms with Crippen LogP contribution in [0, 0.1) is 0 Å². The summed E-state index contributed by atoms with van der Waals surface area (Å²) in [5, 5.41) is 14.5. The van der Waals surface area contributed by atoms with Crippen molar-refractivity contribution >= 4 is 5.91 Å². The largest absolute Gasteiger partial charge is 0.395 e. The normalized spacial score (nSPS) is 13.7. The molecule has 1 amide bonds. The molecular formula is C10H23N3O2. The molecule has 1 atom stereocenters. The molecule has 90 valence electrons. The SMILES string of the molecule is CC(C)(C)NC(=O)CC(CN)NCCO. The van der Waals surface area contributed by atoms with Gasteiger partial charge in [-0.15, -0.1) is 0 Å². The van der Waals surface area contributed by atoms with Crippen LogP contribution in [0.4, 0.5) is 0 Å². The van der Waals surface area contributed by atoms with Gasteiger partial charge < -0.3 is 21.5 Å². The fourth-order valence-corrected chi connectivity index (χ4v) is 1.20. The highest BCUT2D eigenvalue weighted by Gasteiger charge is 2.16. The highest BCUT2D eigenvalue weighted by molar-refractivity contribution is 5.77. The van der Waals surface area contributed by atoms with Crippen molar-refractivity contribution in [2.75, 3.05) is 19.7 Å². The fourth-order valence-electron chi connectivity index (χ4n) is 1.20. The van der Waals surface area contributed by atoms with Crippen molar-refractivity contribution in [1.29, 1.82) is 0 Å². The minimum atomic E-state index is -0.215. The molecule has 0 radical (unpaired) electrons. The molecule has 1 unspecified atom stereocenters. The van der Waals surface area contributed by atoms with E-state index in [2.05, 4.69) is 10.6 Å². The van der Waals surface area contributed by atoms with Gasteiger partial charge in [-0.2, -0.15) is 0 Å². The van der Waals surface area contributed by atoms with Crippen LogP contribution in [0.2, 0.25) is 0 Å². The second kappa shape index (κ2) is 6.76. The molecule has 0 heterocycles. The molecule has 0 aromatic carbocycles. The third kappa shape index (κ3) is 8.35. The average molecular weight is 217 g/mol. The lowest BCUT2D eigenvalue weighted by molar-refractivity contribution is -0.122. The summed E-state index contributed by atoms with van der Waals surface area (Å²) in [6, 6.07) is -0.0699. The van der Waals surface area contributed by atoms with E-state index in [9.17, 15) is 4.79 Å². The van der Waals surface area contributed by atoms with Gasteiger partial charge in [-0.05, 0) is 20.8 Å². The highest BCUT2D eigenvalue weighted by Crippen LogP contribution is 2.00. The van der Waals surface area contributed by atoms with Crippen molar-refractivity contribution in [2.24, 2.45) is 5.73 Å². The maximum atomic E-state index is 11.5. The van der Waals surface area contributed by atoms with E-state index in [1.807, 2.05) is 20.8 Å². The van der Waals surface area contributed by atoms with Gasteiger partial charge >= 0.3 is 0 Å². The summed E-state index contributed by atoms with van der Waals surface area (Å²) in [6.07, 6.45) is 0.341. The van der Waals surface area contributed by atoms with Crippen LogP contribution in [0.15, 0.2) is 0 Å². The first-order valence-corrected chi connectivity index (χ1v) is 5.24. The molecule has 0 aliphatic heterocycles. The molecule has 5 N–H and O–H groups in total. The van der Waals surface area contributed by atoms with Crippen molar-refractivity contribution in [1.82, 2.24) is 10.6 Å². The number of carbonyl (C=O) groups excluding carboxylic acids is 1. The minimum absolute atomic E-state index is 0.0246. The van der Waals surface area contributed by atoms with E-state index < -0.39 is 0 Å². The Hall–Kier alpha value is -0.650. The van der Waals surface area contributed by atoms with Gasteiger partial charge in [0, 0.05) is 31.1 Å². The Labute approximate surface area is 91.4 Å². The lowest BCUT2D eigenvalue weighted by Gasteiger charge is -2.23. The number of amides is 1. The van der Waals surface area contributed by atoms with Crippen LogP contribution in [0.5, 0.6) is 0 Å². The molecule has 0 aliphatic carbocycles. The summed E-state index contributed by atoms with van der Waals surface area (Å²) >= 11 is 0. The molecule has 0 bridgehead atoms. The van der Waals surface area contributed by atoms with Gasteiger partial charge in [0.25, 0.3) is 0 Å². The number of rotatable bonds is 6. The second-order valence-electron chi connectivity index (χ2n) is 4.61. The van der Waals surface area contributed by atoms with Gasteiger partial charge in [-0.25, -0.2) is 0 Å². The summed E-state index contributed by atoms with van der Waals surface area (Å²) in [5.74, 6) is -0.0246. The molecule has 0 saturated carbocycles. The maximum Gasteiger partial charge on any atom is 0.222 e. The van der Waals surface area contributed by atoms with E-state index >= 15 is 0 Å². The van der Waals surface area contributed by atoms with Crippen molar-refractivity contribution < 1.29 is 9.90 Å². The third-order valence-electron chi connectivity index (χ3n) is 1.78. The van der Waals surface area contributed by atoms with E-state index in [-0.39, 0.29) is 24.1 Å². The molecule has 5 heteroatoms. The van der Waals surface area contributed by atoms with Crippen LogP contribution >= 0.6 is 0 Å². The van der Waals surface area contributed by atoms with E-state index in [1.54, 1.807) is 0 Å². The number of carbonyl (C=O) groups is 1. The van der Waals surface area contributed by atoms with Gasteiger partial charge in [0.1, 0.15) is 0 Å². The Morgan fingerprint density at radius 1 is 1.47 bits per heavy atom. The molecule has 5 nitrogen and oxygen atoms in total. The molecule has 0 aromatic heterocycles. The van der Waals surface area contributed by atoms with Crippen LogP contribution in [-0.4, -0.2) is 42.3 Å². The monoisotopic (exact) mass is 217 g/mol. The molecule has 0 aromatic rings. The first-order chi connectivity index (χ1) is 6.89. The Morgan fingerprint density at radius 3 is 2.47 bits per heavy atom. The average Bonchev–Trinajstić information content (AvgIpc) is 2.09. The summed E-state index contributed by atoms with van der Waals surface area (Å²) in [4.78, 5) is 11.5. The van der Waals surface area contributed by atoms with Gasteiger partial charge in [0.2, 0.25) is 5.91 Å². The predicted molar refractivity (Wildman–Crippen MR) is 60.4 cm³/mol. The van der Waals surface area contributed by atoms with Crippen molar-refractivity contribution in [3.05, 3.63) is 0 Å². The lowest BCUT2D eigenvalue weighted by Crippen LogP contribution is -2.46. The van der Waals surface area contributed by atoms with E-state index in [0.717, 1.165) is 0 Å². The van der Waals surface area contributed by atoms with Crippen LogP contribution in [0.3, 0.4) is 0 Å². The van der Waals surface area contributed by atoms with Crippen LogP contribution in [0.1, 0.15) is 27.2 Å². The zero-order valence-corrected chi connectivity index (χ0v) is 9.84. The van der Waals surface area contributed by atoms with Gasteiger partial charge in [0.05, 0.1) is 6.61 Å². The minimum Gasteiger partial charge on any atom is -0.395 e. The number of hydrogen-bond acceptors (Lipinski definition) is 4. The molecule has 0 spiro atoms. The molecular weight excluding hydrogens is 194 g/mol. The highest BCUT2D eigenvalue weighted by atomic mass is 16.3. The molecule has 0 saturated heterocycles. The van der Waals surface area contributed by atoms with Crippen LogP contribution < -0.4 is 16.4 Å². The van der Waals surface area contributed by atoms with Gasteiger partial charge in [0.15, 0.2) is 0 Å². The van der Waals surface area contributed by atoms with E-state index in [0.29, 0.717) is 19.5 Å². The fraction of sp³-hybridized carbons (Fsp3) is 0.900. The number of nitrogens with one attached hydrogen (secondary N) is 2. The standard InChI is InChI=1S/C10H23N3O2/c1-10(2,3)13-9(15)6-8(7-11)12-4-5-14/h8,12,14H,4-7,11H2,1-3H3,(H,13,15). The zero-order valence-electron chi connectivity index (χ0n) is 9.84. The number of nitrogens with two attached hydrogens (primary N) is 1. The molecule has 0 rings (SSSR count). The van der Waals surface area contributed by atoms with Crippen molar-refractivity contribution in [2.45, 2.75) is 38.8 Å². The zero-order chi connectivity index (χ0) is 11.9. The maximum absolute atomic E-state index is 11.5.